The van der Waals surface area contributed by atoms with Crippen LogP contribution in [-0.4, -0.2) is 102 Å². The normalized spacial score (nSPS) is 24.4. The van der Waals surface area contributed by atoms with Gasteiger partial charge in [-0.3, -0.25) is 23.3 Å². The highest BCUT2D eigenvalue weighted by atomic mass is 31.2. The summed E-state index contributed by atoms with van der Waals surface area (Å²) in [5, 5.41) is 36.3. The highest BCUT2D eigenvalue weighted by Gasteiger charge is 2.54. The predicted molar refractivity (Wildman–Crippen MR) is 162 cm³/mol. The highest BCUT2D eigenvalue weighted by Crippen LogP contribution is 2.44. The Morgan fingerprint density at radius 1 is 1.20 bits per heavy atom. The summed E-state index contributed by atoms with van der Waals surface area (Å²) in [5.74, 6) is -2.11. The number of nitrogen functional groups attached to an aromatic ring is 1. The van der Waals surface area contributed by atoms with E-state index in [-0.39, 0.29) is 35.0 Å². The minimum absolute atomic E-state index is 0.0881. The number of esters is 1. The zero-order valence-corrected chi connectivity index (χ0v) is 28.1. The first-order valence-corrected chi connectivity index (χ1v) is 17.0. The van der Waals surface area contributed by atoms with Crippen molar-refractivity contribution in [3.05, 3.63) is 6.33 Å². The van der Waals surface area contributed by atoms with Gasteiger partial charge in [-0.15, -0.1) is 0 Å². The number of anilines is 1. The number of ether oxygens (including phenoxy) is 3. The Hall–Kier alpha value is -2.81. The molecule has 0 spiro atoms. The zero-order chi connectivity index (χ0) is 35.4. The second-order valence-electron chi connectivity index (χ2n) is 11.8. The van der Waals surface area contributed by atoms with Crippen LogP contribution in [0.15, 0.2) is 6.33 Å². The van der Waals surface area contributed by atoms with E-state index in [0.29, 0.717) is 0 Å². The van der Waals surface area contributed by atoms with Gasteiger partial charge in [-0.1, -0.05) is 20.8 Å². The first-order valence-electron chi connectivity index (χ1n) is 13.6. The van der Waals surface area contributed by atoms with Gasteiger partial charge in [0.2, 0.25) is 11.8 Å². The van der Waals surface area contributed by atoms with Crippen molar-refractivity contribution in [3.8, 4) is 5.88 Å². The fourth-order valence-electron chi connectivity index (χ4n) is 3.92. The number of nitrogens with zero attached hydrogens (tertiary/aromatic N) is 4. The maximum atomic E-state index is 13.7. The van der Waals surface area contributed by atoms with Gasteiger partial charge in [0.05, 0.1) is 26.7 Å². The number of carboxylic acids is 1. The van der Waals surface area contributed by atoms with Crippen LogP contribution in [0.5, 0.6) is 5.88 Å². The lowest BCUT2D eigenvalue weighted by Gasteiger charge is -2.28. The van der Waals surface area contributed by atoms with E-state index in [2.05, 4.69) is 36.1 Å². The van der Waals surface area contributed by atoms with Crippen molar-refractivity contribution < 1.29 is 57.7 Å². The molecule has 0 radical (unpaired) electrons. The molecule has 262 valence electrons. The van der Waals surface area contributed by atoms with Gasteiger partial charge >= 0.3 is 27.3 Å². The number of hydrogen-bond acceptors (Lipinski definition) is 14. The molecule has 0 saturated carbocycles. The van der Waals surface area contributed by atoms with Gasteiger partial charge in [0.15, 0.2) is 17.4 Å². The van der Waals surface area contributed by atoms with Crippen LogP contribution in [0.4, 0.5) is 5.95 Å². The molecular formula is C23H43N9O12P2. The molecule has 0 aromatic carbocycles. The van der Waals surface area contributed by atoms with Crippen molar-refractivity contribution in [2.75, 3.05) is 26.1 Å². The summed E-state index contributed by atoms with van der Waals surface area (Å²) in [6, 6.07) is -2.52. The molecule has 46 heavy (non-hydrogen) atoms. The third kappa shape index (κ3) is 10.9. The molecule has 2 aromatic heterocycles. The number of aliphatic carboxylic acids is 1. The summed E-state index contributed by atoms with van der Waals surface area (Å²) < 4.78 is 46.2. The lowest BCUT2D eigenvalue weighted by Crippen LogP contribution is -2.45. The smallest absolute Gasteiger partial charge is 0.342 e. The van der Waals surface area contributed by atoms with Crippen molar-refractivity contribution in [1.82, 2.24) is 29.7 Å². The first-order chi connectivity index (χ1) is 20.9. The number of imidazole rings is 1. The molecule has 1 aliphatic rings. The number of methoxy groups -OCH3 is 1. The van der Waals surface area contributed by atoms with Crippen molar-refractivity contribution in [2.24, 2.45) is 16.4 Å². The standard InChI is InChI=1S/C23H38N7O10P.H5N2O2P/c1-11(18(32)33)28-41(36,29-12(2)19(34)38-9-22(3,4)5)39-8-13-15(31)23(6,35)20(40-13)30-10-25-14-16(30)26-21(24)27-17(14)37-7;1-5(2,3)4/h10-13,15,20,31,35H,8-9H2,1-7H3,(H,32,33)(H2,24,26,27)(H2,28,29,36);(H5,1,2,3,4)/t11-,12-,13-,15-,20-,23-,41?;/m1./s1. The molecule has 23 heteroatoms. The molecule has 2 aromatic rings. The Balaban J connectivity index is 0.00000136. The van der Waals surface area contributed by atoms with Crippen LogP contribution in [0.3, 0.4) is 0 Å². The van der Waals surface area contributed by atoms with E-state index in [1.165, 1.54) is 38.8 Å². The lowest BCUT2D eigenvalue weighted by molar-refractivity contribution is -0.148. The minimum Gasteiger partial charge on any atom is -0.480 e. The van der Waals surface area contributed by atoms with E-state index in [4.69, 9.17) is 29.4 Å². The lowest BCUT2D eigenvalue weighted by atomic mass is 9.96. The molecule has 1 fully saturated rings. The summed E-state index contributed by atoms with van der Waals surface area (Å²) >= 11 is 0. The second-order valence-corrected chi connectivity index (χ2v) is 15.1. The molecule has 21 nitrogen and oxygen atoms in total. The summed E-state index contributed by atoms with van der Waals surface area (Å²) in [6.07, 6.45) is -2.82. The van der Waals surface area contributed by atoms with E-state index >= 15 is 0 Å². The molecule has 0 aliphatic carbocycles. The Morgan fingerprint density at radius 3 is 2.28 bits per heavy atom. The third-order valence-corrected chi connectivity index (χ3v) is 8.09. The molecule has 0 bridgehead atoms. The van der Waals surface area contributed by atoms with Gasteiger partial charge in [-0.25, -0.2) is 26.2 Å². The van der Waals surface area contributed by atoms with Gasteiger partial charge in [-0.2, -0.15) is 9.97 Å². The van der Waals surface area contributed by atoms with Gasteiger partial charge < -0.3 is 44.7 Å². The fourth-order valence-corrected chi connectivity index (χ4v) is 5.74. The number of rotatable bonds is 12. The van der Waals surface area contributed by atoms with E-state index < -0.39 is 70.0 Å². The molecule has 7 atom stereocenters. The SMILES string of the molecule is COc1nc(N)nc2c1ncn2[C@@H]1O[C@H](COP(=O)(N[C@H](C)C(=O)O)N[C@H](C)C(=O)OCC(C)(C)C)[C@@H](O)[C@@]1(C)O.NP(N)(=O)O. The minimum atomic E-state index is -4.29. The largest absolute Gasteiger partial charge is 0.480 e. The highest BCUT2D eigenvalue weighted by molar-refractivity contribution is 7.54. The van der Waals surface area contributed by atoms with Crippen LogP contribution in [0.25, 0.3) is 11.2 Å². The maximum Gasteiger partial charge on any atom is 0.342 e. The molecule has 1 unspecified atom stereocenters. The van der Waals surface area contributed by atoms with Gasteiger partial charge in [0, 0.05) is 0 Å². The number of aliphatic hydroxyl groups excluding tert-OH is 1. The number of nitrogens with one attached hydrogen (secondary N) is 2. The van der Waals surface area contributed by atoms with E-state index in [0.717, 1.165) is 0 Å². The van der Waals surface area contributed by atoms with E-state index in [9.17, 15) is 34.0 Å². The summed E-state index contributed by atoms with van der Waals surface area (Å²) in [5.41, 5.74) is 12.4. The van der Waals surface area contributed by atoms with Crippen LogP contribution in [0, 0.1) is 5.41 Å². The second kappa shape index (κ2) is 15.0. The number of nitrogens with two attached hydrogens (primary N) is 3. The van der Waals surface area contributed by atoms with Crippen molar-refractivity contribution in [3.63, 3.8) is 0 Å². The molecule has 12 N–H and O–H groups in total. The third-order valence-electron chi connectivity index (χ3n) is 6.13. The first kappa shape index (κ1) is 39.4. The van der Waals surface area contributed by atoms with Crippen LogP contribution < -0.4 is 31.7 Å². The Kier molecular flexibility index (Phi) is 12.8. The molecule has 1 saturated heterocycles. The monoisotopic (exact) mass is 699 g/mol. The van der Waals surface area contributed by atoms with Crippen LogP contribution in [0.2, 0.25) is 0 Å². The van der Waals surface area contributed by atoms with Gasteiger partial charge in [0.1, 0.15) is 29.9 Å². The molecular weight excluding hydrogens is 656 g/mol. The number of aliphatic hydroxyl groups is 2. The molecule has 3 heterocycles. The van der Waals surface area contributed by atoms with Crippen molar-refractivity contribution in [2.45, 2.75) is 77.7 Å². The maximum absolute atomic E-state index is 13.7. The predicted octanol–water partition coefficient (Wildman–Crippen LogP) is -0.815. The fraction of sp³-hybridized carbons (Fsp3) is 0.696. The summed E-state index contributed by atoms with van der Waals surface area (Å²) in [7, 11) is -6.56. The Morgan fingerprint density at radius 2 is 1.76 bits per heavy atom. The van der Waals surface area contributed by atoms with Crippen molar-refractivity contribution in [1.29, 1.82) is 0 Å². The number of aromatic nitrogens is 4. The number of carbonyl (C=O) groups is 2. The van der Waals surface area contributed by atoms with Crippen LogP contribution >= 0.6 is 15.3 Å². The number of carbonyl (C=O) groups excluding carboxylic acids is 1. The number of hydrogen-bond donors (Lipinski definition) is 9. The zero-order valence-electron chi connectivity index (χ0n) is 26.3. The van der Waals surface area contributed by atoms with Gasteiger partial charge in [-0.05, 0) is 26.2 Å². The quantitative estimate of drug-likeness (QED) is 0.0965. The summed E-state index contributed by atoms with van der Waals surface area (Å²) in [6.45, 7) is 9.01. The number of carboxylic acid groups (broad SMARTS) is 1. The van der Waals surface area contributed by atoms with Crippen LogP contribution in [0.1, 0.15) is 47.8 Å². The van der Waals surface area contributed by atoms with Crippen LogP contribution in [-0.2, 0) is 32.7 Å². The number of fused-ring (bicyclic) bond motifs is 1. The average Bonchev–Trinajstić information content (AvgIpc) is 3.41. The van der Waals surface area contributed by atoms with Crippen molar-refractivity contribution >= 4 is 44.4 Å². The van der Waals surface area contributed by atoms with E-state index in [1.54, 1.807) is 0 Å². The van der Waals surface area contributed by atoms with E-state index in [1.807, 2.05) is 20.8 Å². The molecule has 3 rings (SSSR count). The molecule has 1 aliphatic heterocycles. The Labute approximate surface area is 264 Å². The Bertz CT molecular complexity index is 1470. The summed E-state index contributed by atoms with van der Waals surface area (Å²) in [4.78, 5) is 43.9. The molecule has 0 amide bonds. The van der Waals surface area contributed by atoms with Gasteiger partial charge in [0.25, 0.3) is 0 Å². The topological polar surface area (TPSA) is 332 Å². The average molecular weight is 700 g/mol.